The number of aromatic nitrogens is 1. The lowest BCUT2D eigenvalue weighted by Crippen LogP contribution is -1.95. The number of ether oxygens (including phenoxy) is 1. The second kappa shape index (κ2) is 4.66. The van der Waals surface area contributed by atoms with Crippen LogP contribution in [-0.2, 0) is 0 Å². The first-order valence-corrected chi connectivity index (χ1v) is 5.06. The summed E-state index contributed by atoms with van der Waals surface area (Å²) in [7, 11) is 1.29. The number of oxazole rings is 1. The van der Waals surface area contributed by atoms with Crippen LogP contribution in [0.15, 0.2) is 22.6 Å². The van der Waals surface area contributed by atoms with E-state index >= 15 is 0 Å². The molecule has 0 atom stereocenters. The Balaban J connectivity index is 2.65. The van der Waals surface area contributed by atoms with E-state index in [2.05, 4.69) is 4.98 Å². The number of methoxy groups -OCH3 is 1. The molecule has 0 aliphatic heterocycles. The summed E-state index contributed by atoms with van der Waals surface area (Å²) in [5.74, 6) is -0.154. The van der Waals surface area contributed by atoms with Gasteiger partial charge in [0.1, 0.15) is 6.07 Å². The lowest BCUT2D eigenvalue weighted by atomic mass is 10.1. The smallest absolute Gasteiger partial charge is 0.311 e. The summed E-state index contributed by atoms with van der Waals surface area (Å²) in [6, 6.07) is 6.03. The van der Waals surface area contributed by atoms with Gasteiger partial charge >= 0.3 is 5.69 Å². The zero-order valence-corrected chi connectivity index (χ0v) is 9.78. The minimum Gasteiger partial charge on any atom is -0.490 e. The molecule has 1 aromatic carbocycles. The Bertz CT molecular complexity index is 686. The van der Waals surface area contributed by atoms with Crippen LogP contribution in [0.3, 0.4) is 0 Å². The maximum absolute atomic E-state index is 10.9. The van der Waals surface area contributed by atoms with E-state index in [0.29, 0.717) is 0 Å². The lowest BCUT2D eigenvalue weighted by Gasteiger charge is -2.05. The summed E-state index contributed by atoms with van der Waals surface area (Å²) in [6.07, 6.45) is 0. The van der Waals surface area contributed by atoms with Crippen molar-refractivity contribution >= 4 is 11.6 Å². The minimum absolute atomic E-state index is 0.00163. The molecule has 19 heavy (non-hydrogen) atoms. The highest BCUT2D eigenvalue weighted by Gasteiger charge is 2.23. The number of rotatable bonds is 3. The molecule has 0 radical (unpaired) electrons. The molecule has 8 heteroatoms. The van der Waals surface area contributed by atoms with Crippen LogP contribution in [0.1, 0.15) is 5.69 Å². The molecule has 2 rings (SSSR count). The quantitative estimate of drug-likeness (QED) is 0.656. The van der Waals surface area contributed by atoms with E-state index in [9.17, 15) is 10.1 Å². The number of benzene rings is 1. The maximum atomic E-state index is 10.9. The summed E-state index contributed by atoms with van der Waals surface area (Å²) in [5, 5.41) is 19.6. The van der Waals surface area contributed by atoms with Gasteiger partial charge in [-0.15, -0.1) is 0 Å². The predicted molar refractivity (Wildman–Crippen MR) is 64.3 cm³/mol. The molecule has 8 nitrogen and oxygen atoms in total. The highest BCUT2D eigenvalue weighted by atomic mass is 16.6. The molecule has 0 saturated carbocycles. The molecular weight excluding hydrogens is 252 g/mol. The summed E-state index contributed by atoms with van der Waals surface area (Å²) in [6.45, 7) is 0. The van der Waals surface area contributed by atoms with E-state index in [-0.39, 0.29) is 34.5 Å². The van der Waals surface area contributed by atoms with E-state index in [0.717, 1.165) is 0 Å². The van der Waals surface area contributed by atoms with Crippen molar-refractivity contribution in [1.82, 2.24) is 4.98 Å². The lowest BCUT2D eigenvalue weighted by molar-refractivity contribution is -0.385. The Morgan fingerprint density at radius 2 is 2.32 bits per heavy atom. The molecule has 0 amide bonds. The zero-order valence-electron chi connectivity index (χ0n) is 9.78. The summed E-state index contributed by atoms with van der Waals surface area (Å²) in [5.41, 5.74) is 5.40. The van der Waals surface area contributed by atoms with E-state index in [1.54, 1.807) is 6.07 Å². The minimum atomic E-state index is -0.583. The van der Waals surface area contributed by atoms with Gasteiger partial charge in [0.05, 0.1) is 17.6 Å². The molecular formula is C11H8N4O4. The van der Waals surface area contributed by atoms with Crippen molar-refractivity contribution in [3.8, 4) is 23.3 Å². The molecule has 2 N–H and O–H groups in total. The fourth-order valence-electron chi connectivity index (χ4n) is 1.58. The Kier molecular flexibility index (Phi) is 3.03. The van der Waals surface area contributed by atoms with Gasteiger partial charge in [0.2, 0.25) is 23.2 Å². The number of nitriles is 1. The van der Waals surface area contributed by atoms with Crippen molar-refractivity contribution in [2.45, 2.75) is 0 Å². The van der Waals surface area contributed by atoms with Gasteiger partial charge < -0.3 is 14.9 Å². The van der Waals surface area contributed by atoms with Crippen molar-refractivity contribution in [2.24, 2.45) is 0 Å². The third kappa shape index (κ3) is 2.04. The molecule has 0 saturated heterocycles. The highest BCUT2D eigenvalue weighted by Crippen LogP contribution is 2.37. The second-order valence-electron chi connectivity index (χ2n) is 3.46. The summed E-state index contributed by atoms with van der Waals surface area (Å²) < 4.78 is 10.1. The van der Waals surface area contributed by atoms with Crippen LogP contribution in [0.2, 0.25) is 0 Å². The van der Waals surface area contributed by atoms with Gasteiger partial charge in [0, 0.05) is 6.07 Å². The van der Waals surface area contributed by atoms with Crippen LogP contribution >= 0.6 is 0 Å². The van der Waals surface area contributed by atoms with Crippen LogP contribution in [0.25, 0.3) is 11.5 Å². The standard InChI is InChI=1S/C11H8N4O4/c1-18-9-6(3-2-4-8(9)15(16)17)11-14-7(5-12)10(13)19-11/h2-4H,13H2,1H3. The number of para-hydroxylation sites is 1. The Morgan fingerprint density at radius 3 is 2.84 bits per heavy atom. The van der Waals surface area contributed by atoms with Gasteiger partial charge in [-0.05, 0) is 6.07 Å². The van der Waals surface area contributed by atoms with E-state index in [1.165, 1.54) is 25.3 Å². The van der Waals surface area contributed by atoms with Crippen LogP contribution in [0.5, 0.6) is 5.75 Å². The number of hydrogen-bond donors (Lipinski definition) is 1. The van der Waals surface area contributed by atoms with Crippen molar-refractivity contribution in [1.29, 1.82) is 5.26 Å². The van der Waals surface area contributed by atoms with Gasteiger partial charge in [-0.2, -0.15) is 10.2 Å². The monoisotopic (exact) mass is 260 g/mol. The number of anilines is 1. The molecule has 0 aliphatic rings. The third-order valence-corrected chi connectivity index (χ3v) is 2.38. The van der Waals surface area contributed by atoms with Crippen molar-refractivity contribution in [3.05, 3.63) is 34.0 Å². The number of hydrogen-bond acceptors (Lipinski definition) is 7. The SMILES string of the molecule is COc1c(-c2nc(C#N)c(N)o2)cccc1[N+](=O)[O-]. The Morgan fingerprint density at radius 1 is 1.58 bits per heavy atom. The molecule has 0 bridgehead atoms. The second-order valence-corrected chi connectivity index (χ2v) is 3.46. The number of nitrogens with zero attached hydrogens (tertiary/aromatic N) is 3. The Labute approximate surface area is 107 Å². The van der Waals surface area contributed by atoms with E-state index in [4.69, 9.17) is 20.1 Å². The molecule has 0 unspecified atom stereocenters. The van der Waals surface area contributed by atoms with Crippen LogP contribution in [-0.4, -0.2) is 17.0 Å². The average molecular weight is 260 g/mol. The molecule has 96 valence electrons. The molecule has 2 aromatic rings. The number of nitrogens with two attached hydrogens (primary N) is 1. The third-order valence-electron chi connectivity index (χ3n) is 2.38. The van der Waals surface area contributed by atoms with Gasteiger partial charge in [0.15, 0.2) is 0 Å². The molecule has 0 aliphatic carbocycles. The van der Waals surface area contributed by atoms with Gasteiger partial charge in [-0.25, -0.2) is 0 Å². The Hall–Kier alpha value is -3.08. The first kappa shape index (κ1) is 12.4. The van der Waals surface area contributed by atoms with Gasteiger partial charge in [-0.1, -0.05) is 6.07 Å². The van der Waals surface area contributed by atoms with Crippen molar-refractivity contribution in [2.75, 3.05) is 12.8 Å². The fraction of sp³-hybridized carbons (Fsp3) is 0.0909. The number of nitro groups is 1. The zero-order chi connectivity index (χ0) is 14.0. The predicted octanol–water partition coefficient (Wildman–Crippen LogP) is 1.71. The van der Waals surface area contributed by atoms with Crippen LogP contribution in [0.4, 0.5) is 11.6 Å². The first-order chi connectivity index (χ1) is 9.08. The van der Waals surface area contributed by atoms with Gasteiger partial charge in [-0.3, -0.25) is 10.1 Å². The summed E-state index contributed by atoms with van der Waals surface area (Å²) >= 11 is 0. The maximum Gasteiger partial charge on any atom is 0.311 e. The topological polar surface area (TPSA) is 128 Å². The fourth-order valence-corrected chi connectivity index (χ4v) is 1.58. The van der Waals surface area contributed by atoms with Crippen LogP contribution in [0, 0.1) is 21.4 Å². The number of nitrogen functional groups attached to an aromatic ring is 1. The van der Waals surface area contributed by atoms with Crippen LogP contribution < -0.4 is 10.5 Å². The largest absolute Gasteiger partial charge is 0.490 e. The molecule has 0 spiro atoms. The van der Waals surface area contributed by atoms with E-state index in [1.807, 2.05) is 0 Å². The number of nitro benzene ring substituents is 1. The molecule has 1 aromatic heterocycles. The first-order valence-electron chi connectivity index (χ1n) is 5.06. The van der Waals surface area contributed by atoms with Gasteiger partial charge in [0.25, 0.3) is 0 Å². The molecule has 1 heterocycles. The normalized spacial score (nSPS) is 9.89. The van der Waals surface area contributed by atoms with Crippen molar-refractivity contribution < 1.29 is 14.1 Å². The molecule has 0 fully saturated rings. The highest BCUT2D eigenvalue weighted by molar-refractivity contribution is 5.71. The van der Waals surface area contributed by atoms with E-state index < -0.39 is 4.92 Å². The average Bonchev–Trinajstić information content (AvgIpc) is 2.78. The summed E-state index contributed by atoms with van der Waals surface area (Å²) in [4.78, 5) is 14.2. The van der Waals surface area contributed by atoms with Crippen molar-refractivity contribution in [3.63, 3.8) is 0 Å².